The molecule has 17 heavy (non-hydrogen) atoms. The lowest BCUT2D eigenvalue weighted by Crippen LogP contribution is -2.63. The second-order valence-electron chi connectivity index (χ2n) is 4.79. The van der Waals surface area contributed by atoms with Gasteiger partial charge >= 0.3 is 12.0 Å². The fourth-order valence-corrected chi connectivity index (χ4v) is 2.23. The van der Waals surface area contributed by atoms with Crippen molar-refractivity contribution in [3.63, 3.8) is 0 Å². The number of ether oxygens (including phenoxy) is 1. The summed E-state index contributed by atoms with van der Waals surface area (Å²) in [5, 5.41) is 11.8. The van der Waals surface area contributed by atoms with Gasteiger partial charge in [0.2, 0.25) is 0 Å². The minimum absolute atomic E-state index is 0.00493. The van der Waals surface area contributed by atoms with Crippen LogP contribution in [0.2, 0.25) is 0 Å². The van der Waals surface area contributed by atoms with E-state index in [0.717, 1.165) is 6.42 Å². The smallest absolute Gasteiger partial charge is 0.329 e. The van der Waals surface area contributed by atoms with Crippen LogP contribution in [0, 0.1) is 0 Å². The fraction of sp³-hybridized carbons (Fsp3) is 0.818. The summed E-state index contributed by atoms with van der Waals surface area (Å²) in [5.41, 5.74) is -1.03. The van der Waals surface area contributed by atoms with Gasteiger partial charge in [-0.15, -0.1) is 0 Å². The van der Waals surface area contributed by atoms with Crippen molar-refractivity contribution in [2.45, 2.75) is 37.8 Å². The number of hydrogen-bond acceptors (Lipinski definition) is 3. The van der Waals surface area contributed by atoms with E-state index in [1.807, 2.05) is 6.92 Å². The van der Waals surface area contributed by atoms with Crippen molar-refractivity contribution >= 4 is 12.0 Å². The highest BCUT2D eigenvalue weighted by atomic mass is 16.5. The normalized spacial score (nSPS) is 27.1. The zero-order chi connectivity index (χ0) is 12.5. The van der Waals surface area contributed by atoms with E-state index < -0.39 is 11.5 Å². The first-order valence-corrected chi connectivity index (χ1v) is 5.95. The number of carboxylic acids is 1. The summed E-state index contributed by atoms with van der Waals surface area (Å²) in [6.07, 6.45) is 1.89. The van der Waals surface area contributed by atoms with Crippen LogP contribution < -0.4 is 5.32 Å². The molecule has 0 radical (unpaired) electrons. The summed E-state index contributed by atoms with van der Waals surface area (Å²) in [4.78, 5) is 24.8. The summed E-state index contributed by atoms with van der Waals surface area (Å²) in [6.45, 7) is 3.43. The van der Waals surface area contributed by atoms with E-state index in [0.29, 0.717) is 32.6 Å². The third kappa shape index (κ3) is 2.22. The van der Waals surface area contributed by atoms with Crippen LogP contribution in [0.3, 0.4) is 0 Å². The van der Waals surface area contributed by atoms with Crippen molar-refractivity contribution in [2.75, 3.05) is 19.8 Å². The molecule has 1 saturated heterocycles. The molecular weight excluding hydrogens is 224 g/mol. The van der Waals surface area contributed by atoms with Gasteiger partial charge in [-0.2, -0.15) is 0 Å². The molecule has 2 N–H and O–H groups in total. The monoisotopic (exact) mass is 242 g/mol. The molecule has 2 rings (SSSR count). The second-order valence-corrected chi connectivity index (χ2v) is 4.79. The van der Waals surface area contributed by atoms with Crippen molar-refractivity contribution < 1.29 is 19.4 Å². The molecule has 1 aliphatic heterocycles. The topological polar surface area (TPSA) is 78.9 Å². The Balaban J connectivity index is 1.98. The van der Waals surface area contributed by atoms with Gasteiger partial charge < -0.3 is 20.1 Å². The highest BCUT2D eigenvalue weighted by Crippen LogP contribution is 2.32. The van der Waals surface area contributed by atoms with Crippen LogP contribution in [0.5, 0.6) is 0 Å². The van der Waals surface area contributed by atoms with Gasteiger partial charge in [0.05, 0.1) is 19.3 Å². The van der Waals surface area contributed by atoms with Crippen molar-refractivity contribution in [3.8, 4) is 0 Å². The first kappa shape index (κ1) is 12.2. The van der Waals surface area contributed by atoms with Gasteiger partial charge in [-0.25, -0.2) is 9.59 Å². The van der Waals surface area contributed by atoms with Crippen molar-refractivity contribution in [3.05, 3.63) is 0 Å². The molecule has 0 aromatic heterocycles. The van der Waals surface area contributed by atoms with Gasteiger partial charge in [-0.3, -0.25) is 0 Å². The number of morpholine rings is 1. The van der Waals surface area contributed by atoms with Crippen LogP contribution in [0.1, 0.15) is 26.2 Å². The quantitative estimate of drug-likeness (QED) is 0.735. The van der Waals surface area contributed by atoms with Crippen LogP contribution in [-0.4, -0.2) is 53.3 Å². The molecular formula is C11H18N2O4. The predicted molar refractivity (Wildman–Crippen MR) is 59.7 cm³/mol. The SMILES string of the molecule is CC1COCCN1C(=O)NC1(C(=O)O)CCC1. The van der Waals surface area contributed by atoms with E-state index in [4.69, 9.17) is 9.84 Å². The average Bonchev–Trinajstić information content (AvgIpc) is 2.23. The zero-order valence-corrected chi connectivity index (χ0v) is 9.94. The standard InChI is InChI=1S/C11H18N2O4/c1-8-7-17-6-5-13(8)10(16)12-11(9(14)15)3-2-4-11/h8H,2-7H2,1H3,(H,12,16)(H,14,15). The number of aliphatic carboxylic acids is 1. The zero-order valence-electron chi connectivity index (χ0n) is 9.94. The largest absolute Gasteiger partial charge is 0.480 e. The maximum absolute atomic E-state index is 12.0. The van der Waals surface area contributed by atoms with Gasteiger partial charge in [-0.05, 0) is 26.2 Å². The Morgan fingerprint density at radius 3 is 2.65 bits per heavy atom. The van der Waals surface area contributed by atoms with Crippen LogP contribution in [-0.2, 0) is 9.53 Å². The van der Waals surface area contributed by atoms with Crippen molar-refractivity contribution in [1.29, 1.82) is 0 Å². The lowest BCUT2D eigenvalue weighted by Gasteiger charge is -2.41. The number of nitrogens with one attached hydrogen (secondary N) is 1. The number of carboxylic acid groups (broad SMARTS) is 1. The van der Waals surface area contributed by atoms with Gasteiger partial charge in [-0.1, -0.05) is 0 Å². The summed E-state index contributed by atoms with van der Waals surface area (Å²) in [5.74, 6) is -0.932. The number of carbonyl (C=O) groups is 2. The maximum atomic E-state index is 12.0. The van der Waals surface area contributed by atoms with E-state index in [-0.39, 0.29) is 12.1 Å². The van der Waals surface area contributed by atoms with E-state index >= 15 is 0 Å². The van der Waals surface area contributed by atoms with E-state index in [9.17, 15) is 9.59 Å². The number of hydrogen-bond donors (Lipinski definition) is 2. The Kier molecular flexibility index (Phi) is 3.24. The number of nitrogens with zero attached hydrogens (tertiary/aromatic N) is 1. The molecule has 6 heteroatoms. The van der Waals surface area contributed by atoms with Crippen molar-refractivity contribution in [2.24, 2.45) is 0 Å². The molecule has 6 nitrogen and oxygen atoms in total. The third-order valence-corrected chi connectivity index (χ3v) is 3.59. The Morgan fingerprint density at radius 1 is 1.47 bits per heavy atom. The molecule has 96 valence electrons. The summed E-state index contributed by atoms with van der Waals surface area (Å²) < 4.78 is 5.24. The Labute approximate surface area is 99.9 Å². The molecule has 0 aromatic carbocycles. The molecule has 1 saturated carbocycles. The van der Waals surface area contributed by atoms with Crippen molar-refractivity contribution in [1.82, 2.24) is 10.2 Å². The molecule has 2 aliphatic rings. The lowest BCUT2D eigenvalue weighted by molar-refractivity contribution is -0.148. The van der Waals surface area contributed by atoms with Crippen LogP contribution in [0.4, 0.5) is 4.79 Å². The predicted octanol–water partition coefficient (Wildman–Crippen LogP) is 0.424. The molecule has 0 bridgehead atoms. The van der Waals surface area contributed by atoms with E-state index in [1.165, 1.54) is 0 Å². The van der Waals surface area contributed by atoms with Gasteiger partial charge in [0.1, 0.15) is 5.54 Å². The number of carbonyl (C=O) groups excluding carboxylic acids is 1. The minimum atomic E-state index is -1.03. The molecule has 2 amide bonds. The number of rotatable bonds is 2. The molecule has 0 aromatic rings. The first-order chi connectivity index (χ1) is 8.05. The van der Waals surface area contributed by atoms with E-state index in [1.54, 1.807) is 4.90 Å². The summed E-state index contributed by atoms with van der Waals surface area (Å²) >= 11 is 0. The highest BCUT2D eigenvalue weighted by molar-refractivity contribution is 5.87. The van der Waals surface area contributed by atoms with Gasteiger partial charge in [0, 0.05) is 6.54 Å². The molecule has 0 spiro atoms. The summed E-state index contributed by atoms with van der Waals surface area (Å²) in [7, 11) is 0. The molecule has 1 aliphatic carbocycles. The molecule has 2 fully saturated rings. The Morgan fingerprint density at radius 2 is 2.18 bits per heavy atom. The minimum Gasteiger partial charge on any atom is -0.480 e. The fourth-order valence-electron chi connectivity index (χ4n) is 2.23. The van der Waals surface area contributed by atoms with Crippen LogP contribution >= 0.6 is 0 Å². The second kappa shape index (κ2) is 4.52. The number of urea groups is 1. The van der Waals surface area contributed by atoms with E-state index in [2.05, 4.69) is 5.32 Å². The Bertz CT molecular complexity index is 327. The van der Waals surface area contributed by atoms with Crippen LogP contribution in [0.15, 0.2) is 0 Å². The lowest BCUT2D eigenvalue weighted by atomic mass is 9.77. The third-order valence-electron chi connectivity index (χ3n) is 3.59. The van der Waals surface area contributed by atoms with Crippen LogP contribution in [0.25, 0.3) is 0 Å². The average molecular weight is 242 g/mol. The number of amides is 2. The van der Waals surface area contributed by atoms with Gasteiger partial charge in [0.15, 0.2) is 0 Å². The highest BCUT2D eigenvalue weighted by Gasteiger charge is 2.46. The Hall–Kier alpha value is -1.30. The summed E-state index contributed by atoms with van der Waals surface area (Å²) in [6, 6.07) is -0.294. The van der Waals surface area contributed by atoms with Gasteiger partial charge in [0.25, 0.3) is 0 Å². The molecule has 1 heterocycles. The maximum Gasteiger partial charge on any atom is 0.329 e. The molecule has 1 atom stereocenters. The molecule has 1 unspecified atom stereocenters. The first-order valence-electron chi connectivity index (χ1n) is 5.95.